The minimum absolute atomic E-state index is 0.00441. The van der Waals surface area contributed by atoms with Gasteiger partial charge in [0.25, 0.3) is 0 Å². The fourth-order valence-corrected chi connectivity index (χ4v) is 2.48. The Morgan fingerprint density at radius 2 is 2.21 bits per heavy atom. The number of hydrogen-bond acceptors (Lipinski definition) is 4. The molecule has 0 unspecified atom stereocenters. The van der Waals surface area contributed by atoms with E-state index in [-0.39, 0.29) is 11.6 Å². The Kier molecular flexibility index (Phi) is 4.07. The highest BCUT2D eigenvalue weighted by atomic mass is 35.5. The van der Waals surface area contributed by atoms with Crippen LogP contribution < -0.4 is 5.73 Å². The first-order valence-electron chi connectivity index (χ1n) is 5.44. The van der Waals surface area contributed by atoms with Crippen LogP contribution >= 0.6 is 22.9 Å². The lowest BCUT2D eigenvalue weighted by molar-refractivity contribution is 0.0478. The van der Waals surface area contributed by atoms with Crippen LogP contribution in [0.5, 0.6) is 0 Å². The molecular formula is C13H11ClFNO2S. The normalized spacial score (nSPS) is 10.5. The van der Waals surface area contributed by atoms with Gasteiger partial charge in [-0.05, 0) is 30.7 Å². The second-order valence-electron chi connectivity index (χ2n) is 3.95. The lowest BCUT2D eigenvalue weighted by Crippen LogP contribution is -2.03. The van der Waals surface area contributed by atoms with Gasteiger partial charge in [-0.15, -0.1) is 11.3 Å². The molecule has 1 aromatic carbocycles. The number of carbonyl (C=O) groups is 1. The van der Waals surface area contributed by atoms with Crippen LogP contribution in [0.25, 0.3) is 0 Å². The third-order valence-electron chi connectivity index (χ3n) is 2.51. The van der Waals surface area contributed by atoms with E-state index in [9.17, 15) is 9.18 Å². The second kappa shape index (κ2) is 5.59. The fraction of sp³-hybridized carbons (Fsp3) is 0.154. The monoisotopic (exact) mass is 299 g/mol. The minimum Gasteiger partial charge on any atom is -0.457 e. The van der Waals surface area contributed by atoms with Crippen molar-refractivity contribution in [3.8, 4) is 0 Å². The molecule has 0 amide bonds. The third-order valence-corrected chi connectivity index (χ3v) is 3.85. The molecule has 0 bridgehead atoms. The molecule has 6 heteroatoms. The van der Waals surface area contributed by atoms with Crippen molar-refractivity contribution >= 4 is 34.6 Å². The first-order chi connectivity index (χ1) is 8.97. The number of nitrogens with two attached hydrogens (primary N) is 1. The summed E-state index contributed by atoms with van der Waals surface area (Å²) in [5.41, 5.74) is 6.86. The fourth-order valence-electron chi connectivity index (χ4n) is 1.45. The van der Waals surface area contributed by atoms with Crippen LogP contribution in [0.4, 0.5) is 10.1 Å². The Balaban J connectivity index is 2.02. The van der Waals surface area contributed by atoms with Crippen molar-refractivity contribution in [2.24, 2.45) is 0 Å². The number of hydrogen-bond donors (Lipinski definition) is 1. The standard InChI is InChI=1S/C13H11ClFNO2S/c1-7-11(16)5-12(19-7)13(17)18-6-8-2-3-10(15)9(14)4-8/h2-5H,6,16H2,1H3. The van der Waals surface area contributed by atoms with Gasteiger partial charge in [0.15, 0.2) is 0 Å². The summed E-state index contributed by atoms with van der Waals surface area (Å²) < 4.78 is 18.1. The van der Waals surface area contributed by atoms with Crippen molar-refractivity contribution in [3.63, 3.8) is 0 Å². The Hall–Kier alpha value is -1.59. The zero-order valence-corrected chi connectivity index (χ0v) is 11.6. The zero-order valence-electron chi connectivity index (χ0n) is 10.1. The quantitative estimate of drug-likeness (QED) is 0.877. The second-order valence-corrected chi connectivity index (χ2v) is 5.61. The molecule has 0 radical (unpaired) electrons. The molecule has 1 aromatic heterocycles. The van der Waals surface area contributed by atoms with Gasteiger partial charge in [-0.2, -0.15) is 0 Å². The molecule has 2 N–H and O–H groups in total. The number of aryl methyl sites for hydroxylation is 1. The van der Waals surface area contributed by atoms with E-state index < -0.39 is 11.8 Å². The molecule has 0 atom stereocenters. The van der Waals surface area contributed by atoms with E-state index in [2.05, 4.69) is 0 Å². The summed E-state index contributed by atoms with van der Waals surface area (Å²) in [6.07, 6.45) is 0. The maximum atomic E-state index is 13.0. The third kappa shape index (κ3) is 3.24. The van der Waals surface area contributed by atoms with Gasteiger partial charge in [0.2, 0.25) is 0 Å². The molecule has 0 aliphatic heterocycles. The van der Waals surface area contributed by atoms with Crippen molar-refractivity contribution < 1.29 is 13.9 Å². The van der Waals surface area contributed by atoms with Gasteiger partial charge in [0.05, 0.1) is 5.02 Å². The molecule has 0 spiro atoms. The molecule has 0 aliphatic rings. The lowest BCUT2D eigenvalue weighted by Gasteiger charge is -2.04. The van der Waals surface area contributed by atoms with Gasteiger partial charge >= 0.3 is 5.97 Å². The smallest absolute Gasteiger partial charge is 0.348 e. The molecule has 0 fully saturated rings. The predicted octanol–water partition coefficient (Wildman–Crippen LogP) is 3.79. The summed E-state index contributed by atoms with van der Waals surface area (Å²) in [5.74, 6) is -0.955. The van der Waals surface area contributed by atoms with Crippen LogP contribution in [-0.2, 0) is 11.3 Å². The lowest BCUT2D eigenvalue weighted by atomic mass is 10.2. The SMILES string of the molecule is Cc1sc(C(=O)OCc2ccc(F)c(Cl)c2)cc1N. The first-order valence-corrected chi connectivity index (χ1v) is 6.64. The van der Waals surface area contributed by atoms with Crippen molar-refractivity contribution in [2.45, 2.75) is 13.5 Å². The van der Waals surface area contributed by atoms with Gasteiger partial charge in [0.1, 0.15) is 17.3 Å². The van der Waals surface area contributed by atoms with E-state index in [0.717, 1.165) is 4.88 Å². The van der Waals surface area contributed by atoms with E-state index >= 15 is 0 Å². The molecule has 0 saturated carbocycles. The number of halogens is 2. The molecule has 3 nitrogen and oxygen atoms in total. The topological polar surface area (TPSA) is 52.3 Å². The van der Waals surface area contributed by atoms with Gasteiger partial charge in [-0.3, -0.25) is 0 Å². The Bertz CT molecular complexity index is 608. The van der Waals surface area contributed by atoms with Crippen LogP contribution in [0, 0.1) is 12.7 Å². The number of esters is 1. The average molecular weight is 300 g/mol. The van der Waals surface area contributed by atoms with Crippen LogP contribution in [0.3, 0.4) is 0 Å². The number of benzene rings is 1. The summed E-state index contributed by atoms with van der Waals surface area (Å²) >= 11 is 6.92. The van der Waals surface area contributed by atoms with Crippen molar-refractivity contribution in [3.05, 3.63) is 50.4 Å². The Morgan fingerprint density at radius 3 is 2.79 bits per heavy atom. The summed E-state index contributed by atoms with van der Waals surface area (Å²) in [6, 6.07) is 5.76. The largest absolute Gasteiger partial charge is 0.457 e. The molecule has 1 heterocycles. The van der Waals surface area contributed by atoms with Crippen molar-refractivity contribution in [1.82, 2.24) is 0 Å². The number of carbonyl (C=O) groups excluding carboxylic acids is 1. The summed E-state index contributed by atoms with van der Waals surface area (Å²) in [5, 5.41) is 0.00441. The maximum Gasteiger partial charge on any atom is 0.348 e. The molecule has 0 aliphatic carbocycles. The van der Waals surface area contributed by atoms with Crippen LogP contribution in [0.2, 0.25) is 5.02 Å². The first kappa shape index (κ1) is 13.8. The van der Waals surface area contributed by atoms with E-state index in [1.165, 1.54) is 29.5 Å². The number of nitrogen functional groups attached to an aromatic ring is 1. The highest BCUT2D eigenvalue weighted by Gasteiger charge is 2.12. The van der Waals surface area contributed by atoms with Crippen LogP contribution in [0.15, 0.2) is 24.3 Å². The minimum atomic E-state index is -0.501. The van der Waals surface area contributed by atoms with Crippen molar-refractivity contribution in [1.29, 1.82) is 0 Å². The van der Waals surface area contributed by atoms with Crippen molar-refractivity contribution in [2.75, 3.05) is 5.73 Å². The molecule has 2 rings (SSSR count). The number of thiophene rings is 1. The van der Waals surface area contributed by atoms with Gasteiger partial charge in [-0.25, -0.2) is 9.18 Å². The predicted molar refractivity (Wildman–Crippen MR) is 74.0 cm³/mol. The summed E-state index contributed by atoms with van der Waals surface area (Å²) in [7, 11) is 0. The number of rotatable bonds is 3. The van der Waals surface area contributed by atoms with E-state index in [4.69, 9.17) is 22.1 Å². The molecule has 2 aromatic rings. The molecular weight excluding hydrogens is 289 g/mol. The van der Waals surface area contributed by atoms with Gasteiger partial charge < -0.3 is 10.5 Å². The Morgan fingerprint density at radius 1 is 1.47 bits per heavy atom. The average Bonchev–Trinajstić information content (AvgIpc) is 2.71. The molecule has 100 valence electrons. The zero-order chi connectivity index (χ0) is 14.0. The van der Waals surface area contributed by atoms with Gasteiger partial charge in [0, 0.05) is 10.6 Å². The van der Waals surface area contributed by atoms with E-state index in [1.807, 2.05) is 6.92 Å². The highest BCUT2D eigenvalue weighted by molar-refractivity contribution is 7.14. The van der Waals surface area contributed by atoms with Crippen LogP contribution in [-0.4, -0.2) is 5.97 Å². The molecule has 19 heavy (non-hydrogen) atoms. The summed E-state index contributed by atoms with van der Waals surface area (Å²) in [6.45, 7) is 1.87. The van der Waals surface area contributed by atoms with Crippen LogP contribution in [0.1, 0.15) is 20.1 Å². The van der Waals surface area contributed by atoms with E-state index in [1.54, 1.807) is 6.07 Å². The highest BCUT2D eigenvalue weighted by Crippen LogP contribution is 2.24. The number of ether oxygens (including phenoxy) is 1. The molecule has 0 saturated heterocycles. The number of anilines is 1. The van der Waals surface area contributed by atoms with Gasteiger partial charge in [-0.1, -0.05) is 17.7 Å². The van der Waals surface area contributed by atoms with E-state index in [0.29, 0.717) is 16.1 Å². The summed E-state index contributed by atoms with van der Waals surface area (Å²) in [4.78, 5) is 13.1. The Labute approximate surface area is 118 Å². The maximum absolute atomic E-state index is 13.0.